The summed E-state index contributed by atoms with van der Waals surface area (Å²) in [6, 6.07) is 6.63. The van der Waals surface area contributed by atoms with E-state index in [-0.39, 0.29) is 5.41 Å². The average Bonchev–Trinajstić information content (AvgIpc) is 2.49. The highest BCUT2D eigenvalue weighted by Gasteiger charge is 2.44. The molecule has 0 spiro atoms. The van der Waals surface area contributed by atoms with Crippen LogP contribution >= 0.6 is 11.6 Å². The van der Waals surface area contributed by atoms with Crippen LogP contribution in [-0.2, 0) is 16.6 Å². The fourth-order valence-electron chi connectivity index (χ4n) is 3.86. The Hall–Kier alpha value is -0.570. The Bertz CT molecular complexity index is 462. The van der Waals surface area contributed by atoms with E-state index in [1.807, 2.05) is 0 Å². The van der Waals surface area contributed by atoms with E-state index in [9.17, 15) is 0 Å². The van der Waals surface area contributed by atoms with Gasteiger partial charge in [-0.25, -0.2) is 0 Å². The third-order valence-electron chi connectivity index (χ3n) is 4.92. The van der Waals surface area contributed by atoms with Crippen molar-refractivity contribution < 1.29 is 4.74 Å². The molecule has 1 N–H and O–H groups in total. The SMILES string of the molecule is CCCc1cc(C23CCCCC2OCNC3)ccc1Cl. The van der Waals surface area contributed by atoms with E-state index in [1.54, 1.807) is 0 Å². The summed E-state index contributed by atoms with van der Waals surface area (Å²) in [5.41, 5.74) is 2.86. The summed E-state index contributed by atoms with van der Waals surface area (Å²) in [6.07, 6.45) is 7.56. The molecule has 2 aliphatic rings. The molecule has 1 saturated carbocycles. The molecule has 3 rings (SSSR count). The maximum atomic E-state index is 6.34. The number of fused-ring (bicyclic) bond motifs is 1. The van der Waals surface area contributed by atoms with E-state index in [1.165, 1.54) is 36.8 Å². The Morgan fingerprint density at radius 3 is 3.15 bits per heavy atom. The van der Waals surface area contributed by atoms with Crippen molar-refractivity contribution >= 4 is 11.6 Å². The second kappa shape index (κ2) is 6.05. The summed E-state index contributed by atoms with van der Waals surface area (Å²) in [4.78, 5) is 0. The van der Waals surface area contributed by atoms with E-state index in [4.69, 9.17) is 16.3 Å². The molecule has 0 bridgehead atoms. The zero-order valence-corrected chi connectivity index (χ0v) is 13.0. The predicted molar refractivity (Wildman–Crippen MR) is 83.3 cm³/mol. The first-order valence-corrected chi connectivity index (χ1v) is 8.25. The molecule has 1 aromatic carbocycles. The van der Waals surface area contributed by atoms with Crippen LogP contribution in [0.4, 0.5) is 0 Å². The molecule has 0 aromatic heterocycles. The molecule has 0 amide bonds. The van der Waals surface area contributed by atoms with E-state index in [0.29, 0.717) is 12.8 Å². The van der Waals surface area contributed by atoms with Gasteiger partial charge in [0.15, 0.2) is 0 Å². The van der Waals surface area contributed by atoms with Crippen LogP contribution in [0, 0.1) is 0 Å². The molecule has 1 heterocycles. The molecule has 1 aliphatic carbocycles. The molecule has 2 atom stereocenters. The molecule has 1 saturated heterocycles. The van der Waals surface area contributed by atoms with Crippen LogP contribution in [0.3, 0.4) is 0 Å². The summed E-state index contributed by atoms with van der Waals surface area (Å²) in [5, 5.41) is 4.34. The highest BCUT2D eigenvalue weighted by Crippen LogP contribution is 2.43. The number of rotatable bonds is 3. The van der Waals surface area contributed by atoms with Gasteiger partial charge in [-0.3, -0.25) is 5.32 Å². The number of hydrogen-bond donors (Lipinski definition) is 1. The van der Waals surface area contributed by atoms with E-state index in [2.05, 4.69) is 30.4 Å². The Morgan fingerprint density at radius 1 is 1.40 bits per heavy atom. The van der Waals surface area contributed by atoms with Crippen LogP contribution in [0.25, 0.3) is 0 Å². The second-order valence-corrected chi connectivity index (χ2v) is 6.59. The highest BCUT2D eigenvalue weighted by atomic mass is 35.5. The molecule has 2 unspecified atom stereocenters. The van der Waals surface area contributed by atoms with Crippen molar-refractivity contribution in [1.29, 1.82) is 0 Å². The molecule has 1 aliphatic heterocycles. The van der Waals surface area contributed by atoms with Gasteiger partial charge in [-0.2, -0.15) is 0 Å². The lowest BCUT2D eigenvalue weighted by molar-refractivity contribution is -0.0709. The number of nitrogens with one attached hydrogen (secondary N) is 1. The Balaban J connectivity index is 1.98. The lowest BCUT2D eigenvalue weighted by atomic mass is 9.66. The largest absolute Gasteiger partial charge is 0.362 e. The predicted octanol–water partition coefficient (Wildman–Crippen LogP) is 4.05. The fraction of sp³-hybridized carbons (Fsp3) is 0.647. The van der Waals surface area contributed by atoms with E-state index < -0.39 is 0 Å². The molecular weight excluding hydrogens is 270 g/mol. The molecule has 0 radical (unpaired) electrons. The molecule has 110 valence electrons. The number of benzene rings is 1. The maximum absolute atomic E-state index is 6.34. The standard InChI is InChI=1S/C17H24ClNO/c1-2-5-13-10-14(7-8-15(13)18)17-9-4-3-6-16(17)20-12-19-11-17/h7-8,10,16,19H,2-6,9,11-12H2,1H3. The summed E-state index contributed by atoms with van der Waals surface area (Å²) in [7, 11) is 0. The van der Waals surface area contributed by atoms with Crippen molar-refractivity contribution in [2.75, 3.05) is 13.3 Å². The third-order valence-corrected chi connectivity index (χ3v) is 5.29. The van der Waals surface area contributed by atoms with E-state index >= 15 is 0 Å². The molecule has 2 fully saturated rings. The van der Waals surface area contributed by atoms with Crippen LogP contribution < -0.4 is 5.32 Å². The lowest BCUT2D eigenvalue weighted by Gasteiger charge is -2.47. The molecule has 1 aromatic rings. The van der Waals surface area contributed by atoms with Crippen LogP contribution in [0.15, 0.2) is 18.2 Å². The van der Waals surface area contributed by atoms with Gasteiger partial charge in [0, 0.05) is 17.0 Å². The van der Waals surface area contributed by atoms with Gasteiger partial charge in [0.05, 0.1) is 12.8 Å². The zero-order valence-electron chi connectivity index (χ0n) is 12.3. The van der Waals surface area contributed by atoms with Gasteiger partial charge < -0.3 is 4.74 Å². The fourth-order valence-corrected chi connectivity index (χ4v) is 4.08. The van der Waals surface area contributed by atoms with Gasteiger partial charge in [-0.05, 0) is 36.5 Å². The van der Waals surface area contributed by atoms with Crippen molar-refractivity contribution in [3.05, 3.63) is 34.3 Å². The highest BCUT2D eigenvalue weighted by molar-refractivity contribution is 6.31. The number of ether oxygens (including phenoxy) is 1. The van der Waals surface area contributed by atoms with Crippen LogP contribution in [0.2, 0.25) is 5.02 Å². The van der Waals surface area contributed by atoms with Crippen LogP contribution in [-0.4, -0.2) is 19.4 Å². The van der Waals surface area contributed by atoms with Gasteiger partial charge in [-0.1, -0.05) is 49.9 Å². The molecule has 2 nitrogen and oxygen atoms in total. The number of halogens is 1. The average molecular weight is 294 g/mol. The quantitative estimate of drug-likeness (QED) is 0.908. The molecule has 3 heteroatoms. The van der Waals surface area contributed by atoms with Gasteiger partial charge in [0.2, 0.25) is 0 Å². The number of hydrogen-bond acceptors (Lipinski definition) is 2. The van der Waals surface area contributed by atoms with Crippen molar-refractivity contribution in [1.82, 2.24) is 5.32 Å². The van der Waals surface area contributed by atoms with Crippen LogP contribution in [0.5, 0.6) is 0 Å². The molecule has 20 heavy (non-hydrogen) atoms. The minimum atomic E-state index is 0.156. The Morgan fingerprint density at radius 2 is 2.30 bits per heavy atom. The number of aryl methyl sites for hydroxylation is 1. The summed E-state index contributed by atoms with van der Waals surface area (Å²) in [6.45, 7) is 3.93. The first kappa shape index (κ1) is 14.4. The third kappa shape index (κ3) is 2.49. The normalized spacial score (nSPS) is 30.0. The van der Waals surface area contributed by atoms with Gasteiger partial charge in [0.25, 0.3) is 0 Å². The minimum Gasteiger partial charge on any atom is -0.362 e. The van der Waals surface area contributed by atoms with Gasteiger partial charge in [0.1, 0.15) is 0 Å². The summed E-state index contributed by atoms with van der Waals surface area (Å²) < 4.78 is 6.03. The molecular formula is C17H24ClNO. The van der Waals surface area contributed by atoms with Crippen molar-refractivity contribution in [2.45, 2.75) is 57.0 Å². The van der Waals surface area contributed by atoms with Gasteiger partial charge >= 0.3 is 0 Å². The van der Waals surface area contributed by atoms with E-state index in [0.717, 1.165) is 24.4 Å². The second-order valence-electron chi connectivity index (χ2n) is 6.18. The first-order valence-electron chi connectivity index (χ1n) is 7.87. The maximum Gasteiger partial charge on any atom is 0.0969 e. The van der Waals surface area contributed by atoms with Crippen molar-refractivity contribution in [2.24, 2.45) is 0 Å². The van der Waals surface area contributed by atoms with Crippen LogP contribution in [0.1, 0.15) is 50.2 Å². The topological polar surface area (TPSA) is 21.3 Å². The first-order chi connectivity index (χ1) is 9.76. The lowest BCUT2D eigenvalue weighted by Crippen LogP contribution is -2.55. The van der Waals surface area contributed by atoms with Gasteiger partial charge in [-0.15, -0.1) is 0 Å². The minimum absolute atomic E-state index is 0.156. The summed E-state index contributed by atoms with van der Waals surface area (Å²) >= 11 is 6.34. The van der Waals surface area contributed by atoms with Crippen molar-refractivity contribution in [3.8, 4) is 0 Å². The monoisotopic (exact) mass is 293 g/mol. The van der Waals surface area contributed by atoms with Crippen molar-refractivity contribution in [3.63, 3.8) is 0 Å². The zero-order chi connectivity index (χ0) is 14.0. The Kier molecular flexibility index (Phi) is 4.34. The smallest absolute Gasteiger partial charge is 0.0969 e. The Labute approximate surface area is 126 Å². The summed E-state index contributed by atoms with van der Waals surface area (Å²) in [5.74, 6) is 0.